The molecular formula is C23H27FN4O3S. The zero-order valence-electron chi connectivity index (χ0n) is 17.9. The molecule has 7 nitrogen and oxygen atoms in total. The Hall–Kier alpha value is -2.75. The molecular weight excluding hydrogens is 431 g/mol. The summed E-state index contributed by atoms with van der Waals surface area (Å²) in [6, 6.07) is 8.09. The van der Waals surface area contributed by atoms with Crippen LogP contribution in [0.3, 0.4) is 0 Å². The van der Waals surface area contributed by atoms with Gasteiger partial charge >= 0.3 is 0 Å². The van der Waals surface area contributed by atoms with Gasteiger partial charge in [-0.1, -0.05) is 6.07 Å². The molecule has 0 unspecified atom stereocenters. The van der Waals surface area contributed by atoms with E-state index in [-0.39, 0.29) is 24.0 Å². The molecule has 5 N–H and O–H groups in total. The number of hydrogen-bond donors (Lipinski definition) is 3. The number of nitrogens with one attached hydrogen (secondary N) is 1. The Morgan fingerprint density at radius 1 is 1.22 bits per heavy atom. The monoisotopic (exact) mass is 458 g/mol. The van der Waals surface area contributed by atoms with Crippen LogP contribution in [0.2, 0.25) is 0 Å². The molecule has 4 rings (SSSR count). The van der Waals surface area contributed by atoms with Crippen LogP contribution in [0.4, 0.5) is 4.39 Å². The van der Waals surface area contributed by atoms with E-state index in [1.54, 1.807) is 23.4 Å². The van der Waals surface area contributed by atoms with Gasteiger partial charge in [0.1, 0.15) is 5.82 Å². The maximum atomic E-state index is 13.7. The number of nitrogens with zero attached hydrogens (tertiary/aromatic N) is 1. The lowest BCUT2D eigenvalue weighted by molar-refractivity contribution is 0.100. The highest BCUT2D eigenvalue weighted by Crippen LogP contribution is 2.37. The van der Waals surface area contributed by atoms with Crippen LogP contribution in [-0.4, -0.2) is 42.5 Å². The average molecular weight is 459 g/mol. The van der Waals surface area contributed by atoms with Gasteiger partial charge in [-0.15, -0.1) is 0 Å². The van der Waals surface area contributed by atoms with E-state index in [0.717, 1.165) is 22.1 Å². The van der Waals surface area contributed by atoms with E-state index in [9.17, 15) is 17.6 Å². The number of carbonyl (C=O) groups excluding carboxylic acids is 1. The minimum atomic E-state index is -3.21. The van der Waals surface area contributed by atoms with Gasteiger partial charge in [0.05, 0.1) is 16.8 Å². The van der Waals surface area contributed by atoms with Crippen LogP contribution in [0.1, 0.15) is 47.2 Å². The smallest absolute Gasteiger partial charge is 0.250 e. The van der Waals surface area contributed by atoms with Gasteiger partial charge < -0.3 is 16.5 Å². The van der Waals surface area contributed by atoms with E-state index in [1.807, 2.05) is 12.3 Å². The number of piperidine rings is 1. The number of halogens is 1. The van der Waals surface area contributed by atoms with Crippen LogP contribution >= 0.6 is 0 Å². The van der Waals surface area contributed by atoms with Gasteiger partial charge in [0.25, 0.3) is 5.91 Å². The average Bonchev–Trinajstić information content (AvgIpc) is 3.22. The highest BCUT2D eigenvalue weighted by atomic mass is 32.2. The Bertz CT molecular complexity index is 1280. The molecule has 0 radical (unpaired) electrons. The minimum absolute atomic E-state index is 0.0945. The second-order valence-corrected chi connectivity index (χ2v) is 10.4. The van der Waals surface area contributed by atoms with Crippen molar-refractivity contribution in [1.82, 2.24) is 9.29 Å². The number of benzene rings is 2. The number of carbonyl (C=O) groups is 1. The summed E-state index contributed by atoms with van der Waals surface area (Å²) in [6.07, 6.45) is 3.25. The molecule has 32 heavy (non-hydrogen) atoms. The van der Waals surface area contributed by atoms with Gasteiger partial charge in [-0.05, 0) is 72.2 Å². The van der Waals surface area contributed by atoms with E-state index in [2.05, 4.69) is 4.98 Å². The van der Waals surface area contributed by atoms with Crippen molar-refractivity contribution in [2.75, 3.05) is 18.8 Å². The fourth-order valence-electron chi connectivity index (χ4n) is 4.58. The van der Waals surface area contributed by atoms with E-state index in [1.165, 1.54) is 12.1 Å². The summed E-state index contributed by atoms with van der Waals surface area (Å²) < 4.78 is 39.7. The van der Waals surface area contributed by atoms with E-state index in [0.29, 0.717) is 42.6 Å². The van der Waals surface area contributed by atoms with Crippen molar-refractivity contribution in [1.29, 1.82) is 0 Å². The number of aromatic nitrogens is 1. The van der Waals surface area contributed by atoms with Crippen LogP contribution < -0.4 is 11.5 Å². The van der Waals surface area contributed by atoms with Crippen molar-refractivity contribution in [2.45, 2.75) is 32.2 Å². The first-order valence-corrected chi connectivity index (χ1v) is 12.3. The summed E-state index contributed by atoms with van der Waals surface area (Å²) in [5.41, 5.74) is 15.6. The van der Waals surface area contributed by atoms with Crippen molar-refractivity contribution in [3.63, 3.8) is 0 Å². The molecule has 170 valence electrons. The first-order chi connectivity index (χ1) is 15.2. The standard InChI is InChI=1S/C23H27FN4O3S/c1-2-32(30,31)28-7-5-14(6-8-28)21-13-27-22-19(21)10-15(11-20(22)23(26)29)18-4-3-17(24)9-16(18)12-25/h3-4,9-11,13-14,27H,2,5-8,12,25H2,1H3,(H2,26,29). The maximum absolute atomic E-state index is 13.7. The summed E-state index contributed by atoms with van der Waals surface area (Å²) in [7, 11) is -3.21. The van der Waals surface area contributed by atoms with Crippen molar-refractivity contribution in [2.24, 2.45) is 11.5 Å². The first kappa shape index (κ1) is 22.4. The molecule has 9 heteroatoms. The fourth-order valence-corrected chi connectivity index (χ4v) is 5.71. The van der Waals surface area contributed by atoms with Crippen molar-refractivity contribution in [3.8, 4) is 11.1 Å². The third-order valence-electron chi connectivity index (χ3n) is 6.34. The summed E-state index contributed by atoms with van der Waals surface area (Å²) in [6.45, 7) is 2.73. The summed E-state index contributed by atoms with van der Waals surface area (Å²) >= 11 is 0. The molecule has 1 saturated heterocycles. The Labute approximate surface area is 186 Å². The molecule has 1 aromatic heterocycles. The SMILES string of the molecule is CCS(=O)(=O)N1CCC(c2c[nH]c3c(C(N)=O)cc(-c4ccc(F)cc4CN)cc23)CC1. The van der Waals surface area contributed by atoms with Crippen molar-refractivity contribution >= 4 is 26.8 Å². The lowest BCUT2D eigenvalue weighted by Gasteiger charge is -2.31. The molecule has 2 aromatic carbocycles. The van der Waals surface area contributed by atoms with Crippen molar-refractivity contribution < 1.29 is 17.6 Å². The zero-order chi connectivity index (χ0) is 23.0. The molecule has 1 fully saturated rings. The number of rotatable bonds is 6. The number of H-pyrrole nitrogens is 1. The topological polar surface area (TPSA) is 122 Å². The summed E-state index contributed by atoms with van der Waals surface area (Å²) in [4.78, 5) is 15.4. The van der Waals surface area contributed by atoms with Crippen LogP contribution in [-0.2, 0) is 16.6 Å². The van der Waals surface area contributed by atoms with Gasteiger partial charge in [0.15, 0.2) is 0 Å². The molecule has 0 spiro atoms. The van der Waals surface area contributed by atoms with Crippen molar-refractivity contribution in [3.05, 3.63) is 59.0 Å². The molecule has 3 aromatic rings. The summed E-state index contributed by atoms with van der Waals surface area (Å²) in [5.74, 6) is -0.700. The predicted octanol–water partition coefficient (Wildman–Crippen LogP) is 3.06. The quantitative estimate of drug-likeness (QED) is 0.525. The Morgan fingerprint density at radius 2 is 1.94 bits per heavy atom. The number of amides is 1. The second-order valence-electron chi connectivity index (χ2n) is 8.13. The van der Waals surface area contributed by atoms with Gasteiger partial charge in [0.2, 0.25) is 10.0 Å². The molecule has 1 aliphatic rings. The summed E-state index contributed by atoms with van der Waals surface area (Å²) in [5, 5.41) is 0.861. The zero-order valence-corrected chi connectivity index (χ0v) is 18.7. The van der Waals surface area contributed by atoms with Gasteiger partial charge in [-0.3, -0.25) is 4.79 Å². The molecule has 2 heterocycles. The normalized spacial score (nSPS) is 16.0. The predicted molar refractivity (Wildman–Crippen MR) is 123 cm³/mol. The lowest BCUT2D eigenvalue weighted by atomic mass is 9.88. The highest BCUT2D eigenvalue weighted by molar-refractivity contribution is 7.89. The first-order valence-electron chi connectivity index (χ1n) is 10.7. The number of fused-ring (bicyclic) bond motifs is 1. The van der Waals surface area contributed by atoms with Gasteiger partial charge in [-0.2, -0.15) is 0 Å². The minimum Gasteiger partial charge on any atom is -0.366 e. The number of primary amides is 1. The number of nitrogens with two attached hydrogens (primary N) is 2. The van der Waals surface area contributed by atoms with E-state index < -0.39 is 15.9 Å². The van der Waals surface area contributed by atoms with E-state index >= 15 is 0 Å². The second kappa shape index (κ2) is 8.65. The Kier molecular flexibility index (Phi) is 6.07. The largest absolute Gasteiger partial charge is 0.366 e. The maximum Gasteiger partial charge on any atom is 0.250 e. The third kappa shape index (κ3) is 4.03. The number of sulfonamides is 1. The van der Waals surface area contributed by atoms with Crippen LogP contribution in [0.5, 0.6) is 0 Å². The highest BCUT2D eigenvalue weighted by Gasteiger charge is 2.29. The van der Waals surface area contributed by atoms with Crippen LogP contribution in [0, 0.1) is 5.82 Å². The Morgan fingerprint density at radius 3 is 2.56 bits per heavy atom. The number of hydrogen-bond acceptors (Lipinski definition) is 4. The molecule has 0 bridgehead atoms. The third-order valence-corrected chi connectivity index (χ3v) is 8.22. The molecule has 1 amide bonds. The van der Waals surface area contributed by atoms with Gasteiger partial charge in [0, 0.05) is 31.2 Å². The molecule has 0 saturated carbocycles. The lowest BCUT2D eigenvalue weighted by Crippen LogP contribution is -2.38. The number of aromatic amines is 1. The molecule has 1 aliphatic heterocycles. The van der Waals surface area contributed by atoms with Crippen LogP contribution in [0.25, 0.3) is 22.0 Å². The Balaban J connectivity index is 1.78. The fraction of sp³-hybridized carbons (Fsp3) is 0.348. The molecule has 0 aliphatic carbocycles. The van der Waals surface area contributed by atoms with Gasteiger partial charge in [-0.25, -0.2) is 17.1 Å². The van der Waals surface area contributed by atoms with E-state index in [4.69, 9.17) is 11.5 Å². The van der Waals surface area contributed by atoms with Crippen LogP contribution in [0.15, 0.2) is 36.5 Å². The molecule has 0 atom stereocenters.